The Hall–Kier alpha value is -2.13. The van der Waals surface area contributed by atoms with Crippen molar-refractivity contribution in [1.29, 1.82) is 0 Å². The van der Waals surface area contributed by atoms with Gasteiger partial charge in [0.2, 0.25) is 0 Å². The molecule has 2 N–H and O–H groups in total. The van der Waals surface area contributed by atoms with Gasteiger partial charge < -0.3 is 39.9 Å². The second-order valence-electron chi connectivity index (χ2n) is 2.51. The van der Waals surface area contributed by atoms with Crippen LogP contribution in [-0.4, -0.2) is 40.1 Å². The molecular formula is C10H17FeO10. The topological polar surface area (TPSA) is 195 Å². The van der Waals surface area contributed by atoms with Gasteiger partial charge in [-0.1, -0.05) is 0 Å². The quantitative estimate of drug-likeness (QED) is 0.411. The van der Waals surface area contributed by atoms with E-state index in [-0.39, 0.29) is 17.1 Å². The minimum atomic E-state index is -1.08. The summed E-state index contributed by atoms with van der Waals surface area (Å²) < 4.78 is 0. The Morgan fingerprint density at radius 1 is 0.571 bits per heavy atom. The first-order valence-electron chi connectivity index (χ1n) is 4.58. The summed E-state index contributed by atoms with van der Waals surface area (Å²) in [6.45, 7) is 5.08. The maximum Gasteiger partial charge on any atom is 3.00 e. The predicted octanol–water partition coefficient (Wildman–Crippen LogP) is -3.55. The fraction of sp³-hybridized carbons (Fsp3) is 0.500. The van der Waals surface area contributed by atoms with E-state index in [4.69, 9.17) is 49.5 Å². The van der Waals surface area contributed by atoms with Gasteiger partial charge in [-0.25, -0.2) is 0 Å². The maximum atomic E-state index is 9.00. The number of carbonyl (C=O) groups excluding carboxylic acids is 3. The smallest absolute Gasteiger partial charge is 0.550 e. The molecule has 10 nitrogen and oxygen atoms in total. The molecule has 0 aromatic heterocycles. The van der Waals surface area contributed by atoms with Crippen molar-refractivity contribution in [2.45, 2.75) is 34.6 Å². The average Bonchev–Trinajstić information content (AvgIpc) is 1.94. The van der Waals surface area contributed by atoms with Crippen molar-refractivity contribution in [3.63, 3.8) is 0 Å². The van der Waals surface area contributed by atoms with E-state index in [0.717, 1.165) is 34.6 Å². The van der Waals surface area contributed by atoms with Gasteiger partial charge in [0.15, 0.2) is 0 Å². The molecule has 0 aromatic carbocycles. The van der Waals surface area contributed by atoms with Gasteiger partial charge >= 0.3 is 17.1 Å². The fourth-order valence-corrected chi connectivity index (χ4v) is 0. The average molecular weight is 353 g/mol. The van der Waals surface area contributed by atoms with Crippen molar-refractivity contribution in [1.82, 2.24) is 0 Å². The molecule has 0 aliphatic carbocycles. The van der Waals surface area contributed by atoms with Crippen LogP contribution in [0, 0.1) is 0 Å². The summed E-state index contributed by atoms with van der Waals surface area (Å²) in [6, 6.07) is 0. The van der Waals surface area contributed by atoms with Crippen LogP contribution in [0.15, 0.2) is 0 Å². The van der Waals surface area contributed by atoms with Crippen LogP contribution in [0.25, 0.3) is 0 Å². The van der Waals surface area contributed by atoms with Gasteiger partial charge in [-0.3, -0.25) is 9.59 Å². The molecule has 0 saturated carbocycles. The van der Waals surface area contributed by atoms with Crippen LogP contribution >= 0.6 is 0 Å². The molecule has 0 bridgehead atoms. The van der Waals surface area contributed by atoms with E-state index in [1.54, 1.807) is 0 Å². The molecule has 0 spiro atoms. The zero-order valence-electron chi connectivity index (χ0n) is 12.0. The number of hydrogen-bond acceptors (Lipinski definition) is 8. The Morgan fingerprint density at radius 2 is 0.571 bits per heavy atom. The summed E-state index contributed by atoms with van der Waals surface area (Å²) in [4.78, 5) is 44.7. The van der Waals surface area contributed by atoms with Gasteiger partial charge in [-0.05, 0) is 20.8 Å². The number of carboxylic acid groups (broad SMARTS) is 5. The normalized spacial score (nSPS) is 5.95. The van der Waals surface area contributed by atoms with Gasteiger partial charge in [-0.2, -0.15) is 0 Å². The first-order chi connectivity index (χ1) is 8.66. The molecule has 0 amide bonds. The molecule has 0 fully saturated rings. The Morgan fingerprint density at radius 3 is 0.571 bits per heavy atom. The molecule has 125 valence electrons. The van der Waals surface area contributed by atoms with Gasteiger partial charge in [-0.15, -0.1) is 0 Å². The molecule has 0 saturated heterocycles. The van der Waals surface area contributed by atoms with E-state index in [0.29, 0.717) is 0 Å². The second kappa shape index (κ2) is 30.7. The monoisotopic (exact) mass is 353 g/mol. The summed E-state index contributed by atoms with van der Waals surface area (Å²) in [7, 11) is 0. The molecule has 0 unspecified atom stereocenters. The first-order valence-corrected chi connectivity index (χ1v) is 4.58. The molecular weight excluding hydrogens is 336 g/mol. The van der Waals surface area contributed by atoms with Crippen molar-refractivity contribution in [3.8, 4) is 0 Å². The number of hydrogen-bond donors (Lipinski definition) is 2. The Bertz CT molecular complexity index is 211. The van der Waals surface area contributed by atoms with Crippen LogP contribution in [0.4, 0.5) is 0 Å². The largest absolute Gasteiger partial charge is 3.00 e. The second-order valence-corrected chi connectivity index (χ2v) is 2.51. The molecule has 0 aliphatic rings. The molecule has 0 rings (SSSR count). The molecule has 0 aromatic rings. The summed E-state index contributed by atoms with van der Waals surface area (Å²) in [5.41, 5.74) is 0. The van der Waals surface area contributed by atoms with Crippen LogP contribution in [0.2, 0.25) is 0 Å². The summed E-state index contributed by atoms with van der Waals surface area (Å²) >= 11 is 0. The Labute approximate surface area is 131 Å². The molecule has 0 atom stereocenters. The van der Waals surface area contributed by atoms with E-state index in [1.165, 1.54) is 0 Å². The zero-order valence-corrected chi connectivity index (χ0v) is 13.1. The fourth-order valence-electron chi connectivity index (χ4n) is 0. The minimum Gasteiger partial charge on any atom is -0.550 e. The third-order valence-electron chi connectivity index (χ3n) is 0. The van der Waals surface area contributed by atoms with E-state index in [1.807, 2.05) is 0 Å². The summed E-state index contributed by atoms with van der Waals surface area (Å²) in [5.74, 6) is -4.92. The van der Waals surface area contributed by atoms with Gasteiger partial charge in [0, 0.05) is 31.8 Å². The van der Waals surface area contributed by atoms with Crippen LogP contribution in [0.1, 0.15) is 34.6 Å². The standard InChI is InChI=1S/5C2H4O2.Fe/c5*1-2(3)4;/h5*1H3,(H,3,4);/q;;;;;+3/p-3. The van der Waals surface area contributed by atoms with Crippen LogP contribution < -0.4 is 15.3 Å². The molecule has 0 heterocycles. The summed E-state index contributed by atoms with van der Waals surface area (Å²) in [5, 5.41) is 41.5. The molecule has 21 heavy (non-hydrogen) atoms. The van der Waals surface area contributed by atoms with Gasteiger partial charge in [0.25, 0.3) is 11.9 Å². The van der Waals surface area contributed by atoms with Crippen molar-refractivity contribution < 1.29 is 66.6 Å². The van der Waals surface area contributed by atoms with Gasteiger partial charge in [0.1, 0.15) is 0 Å². The first kappa shape index (κ1) is 36.4. The maximum absolute atomic E-state index is 9.00. The number of aliphatic carboxylic acids is 5. The molecule has 11 heteroatoms. The van der Waals surface area contributed by atoms with Crippen molar-refractivity contribution in [3.05, 3.63) is 0 Å². The minimum absolute atomic E-state index is 0. The van der Waals surface area contributed by atoms with E-state index < -0.39 is 29.8 Å². The summed E-state index contributed by atoms with van der Waals surface area (Å²) in [6.07, 6.45) is 0. The molecule has 1 radical (unpaired) electrons. The molecule has 0 aliphatic heterocycles. The van der Waals surface area contributed by atoms with E-state index in [9.17, 15) is 0 Å². The predicted molar refractivity (Wildman–Crippen MR) is 58.7 cm³/mol. The van der Waals surface area contributed by atoms with E-state index in [2.05, 4.69) is 0 Å². The van der Waals surface area contributed by atoms with Gasteiger partial charge in [0.05, 0.1) is 0 Å². The van der Waals surface area contributed by atoms with Crippen LogP contribution in [0.3, 0.4) is 0 Å². The van der Waals surface area contributed by atoms with Crippen molar-refractivity contribution in [2.24, 2.45) is 0 Å². The third-order valence-corrected chi connectivity index (χ3v) is 0. The van der Waals surface area contributed by atoms with Crippen LogP contribution in [0.5, 0.6) is 0 Å². The number of carbonyl (C=O) groups is 5. The van der Waals surface area contributed by atoms with E-state index >= 15 is 0 Å². The van der Waals surface area contributed by atoms with Crippen LogP contribution in [-0.2, 0) is 41.0 Å². The Balaban J connectivity index is -0.0000000331. The zero-order chi connectivity index (χ0) is 17.9. The Kier molecular flexibility index (Phi) is 53.2. The van der Waals surface area contributed by atoms with Crippen molar-refractivity contribution >= 4 is 29.8 Å². The third kappa shape index (κ3) is 991. The van der Waals surface area contributed by atoms with Crippen molar-refractivity contribution in [2.75, 3.05) is 0 Å². The SMILES string of the molecule is CC(=O)O.CC(=O)O.CC(=O)[O-].CC(=O)[O-].CC(=O)[O-].[Fe+3]. The number of rotatable bonds is 0. The number of carboxylic acids is 5.